The Morgan fingerprint density at radius 3 is 2.82 bits per heavy atom. The van der Waals surface area contributed by atoms with Crippen LogP contribution in [0, 0.1) is 0 Å². The third kappa shape index (κ3) is 2.39. The molecule has 0 aromatic heterocycles. The van der Waals surface area contributed by atoms with Crippen molar-refractivity contribution >= 4 is 11.6 Å². The van der Waals surface area contributed by atoms with Gasteiger partial charge >= 0.3 is 0 Å². The average molecular weight is 231 g/mol. The second-order valence-electron chi connectivity index (χ2n) is 4.55. The van der Waals surface area contributed by atoms with Crippen molar-refractivity contribution in [3.8, 4) is 0 Å². The van der Waals surface area contributed by atoms with E-state index in [1.54, 1.807) is 0 Å². The largest absolute Gasteiger partial charge is 0.373 e. The number of para-hydroxylation sites is 1. The second kappa shape index (κ2) is 4.72. The number of allylic oxidation sites excluding steroid dienone is 1. The maximum absolute atomic E-state index is 11.8. The topological polar surface area (TPSA) is 40.5 Å². The molecular weight excluding hydrogens is 214 g/mol. The number of nitrogens with zero attached hydrogens (tertiary/aromatic N) is 1. The molecule has 0 spiro atoms. The predicted molar refractivity (Wildman–Crippen MR) is 67.7 cm³/mol. The van der Waals surface area contributed by atoms with E-state index in [0.29, 0.717) is 12.8 Å². The number of anilines is 1. The van der Waals surface area contributed by atoms with Crippen LogP contribution in [0.5, 0.6) is 0 Å². The van der Waals surface area contributed by atoms with Gasteiger partial charge in [-0.15, -0.1) is 0 Å². The van der Waals surface area contributed by atoms with E-state index < -0.39 is 6.23 Å². The van der Waals surface area contributed by atoms with Crippen LogP contribution in [0.3, 0.4) is 0 Å². The van der Waals surface area contributed by atoms with Crippen molar-refractivity contribution in [2.24, 2.45) is 0 Å². The lowest BCUT2D eigenvalue weighted by atomic mass is 10.0. The third-order valence-electron chi connectivity index (χ3n) is 2.93. The van der Waals surface area contributed by atoms with Crippen molar-refractivity contribution in [1.29, 1.82) is 0 Å². The van der Waals surface area contributed by atoms with Crippen LogP contribution in [-0.2, 0) is 11.2 Å². The maximum atomic E-state index is 11.8. The number of aliphatic hydroxyl groups is 1. The lowest BCUT2D eigenvalue weighted by molar-refractivity contribution is -0.117. The van der Waals surface area contributed by atoms with Crippen molar-refractivity contribution in [1.82, 2.24) is 0 Å². The molecule has 1 saturated heterocycles. The molecule has 1 atom stereocenters. The molecule has 1 aliphatic heterocycles. The Labute approximate surface area is 101 Å². The first-order valence-corrected chi connectivity index (χ1v) is 5.82. The molecule has 0 saturated carbocycles. The van der Waals surface area contributed by atoms with Crippen LogP contribution in [0.1, 0.15) is 25.3 Å². The summed E-state index contributed by atoms with van der Waals surface area (Å²) in [5.74, 6) is -0.00772. The van der Waals surface area contributed by atoms with Crippen molar-refractivity contribution in [3.05, 3.63) is 42.0 Å². The molecule has 1 unspecified atom stereocenters. The molecule has 1 aromatic rings. The molecule has 3 heteroatoms. The molecule has 1 heterocycles. The molecule has 17 heavy (non-hydrogen) atoms. The molecule has 1 aromatic carbocycles. The fraction of sp³-hybridized carbons (Fsp3) is 0.357. The van der Waals surface area contributed by atoms with Crippen molar-refractivity contribution < 1.29 is 9.90 Å². The highest BCUT2D eigenvalue weighted by Gasteiger charge is 2.31. The van der Waals surface area contributed by atoms with Gasteiger partial charge in [-0.1, -0.05) is 30.4 Å². The first-order valence-electron chi connectivity index (χ1n) is 5.82. The number of hydrogen-bond donors (Lipinski definition) is 1. The van der Waals surface area contributed by atoms with Crippen molar-refractivity contribution in [3.63, 3.8) is 0 Å². The molecule has 0 aliphatic carbocycles. The summed E-state index contributed by atoms with van der Waals surface area (Å²) in [6, 6.07) is 7.68. The van der Waals surface area contributed by atoms with Crippen LogP contribution < -0.4 is 4.90 Å². The summed E-state index contributed by atoms with van der Waals surface area (Å²) < 4.78 is 0. The predicted octanol–water partition coefficient (Wildman–Crippen LogP) is 2.25. The smallest absolute Gasteiger partial charge is 0.229 e. The van der Waals surface area contributed by atoms with E-state index in [-0.39, 0.29) is 5.91 Å². The molecule has 90 valence electrons. The fourth-order valence-electron chi connectivity index (χ4n) is 2.18. The molecule has 1 fully saturated rings. The van der Waals surface area contributed by atoms with Gasteiger partial charge in [-0.25, -0.2) is 0 Å². The summed E-state index contributed by atoms with van der Waals surface area (Å²) in [5, 5.41) is 9.85. The lowest BCUT2D eigenvalue weighted by Crippen LogP contribution is -2.33. The molecule has 0 radical (unpaired) electrons. The summed E-state index contributed by atoms with van der Waals surface area (Å²) in [6.07, 6.45) is 0.976. The highest BCUT2D eigenvalue weighted by atomic mass is 16.3. The number of carbonyl (C=O) groups is 1. The first kappa shape index (κ1) is 11.9. The molecular formula is C14H17NO2. The Morgan fingerprint density at radius 2 is 2.24 bits per heavy atom. The molecule has 3 nitrogen and oxygen atoms in total. The normalized spacial score (nSPS) is 19.8. The van der Waals surface area contributed by atoms with Gasteiger partial charge in [0.1, 0.15) is 6.23 Å². The van der Waals surface area contributed by atoms with Gasteiger partial charge in [0.25, 0.3) is 0 Å². The van der Waals surface area contributed by atoms with Crippen LogP contribution >= 0.6 is 0 Å². The standard InChI is InChI=1S/C14H17NO2/c1-10(2)9-11-5-3-4-6-12(11)15-13(16)7-8-14(15)17/h3-6,13,16H,1,7-9H2,2H3. The minimum absolute atomic E-state index is 0.00772. The Bertz CT molecular complexity index is 453. The number of hydrogen-bond acceptors (Lipinski definition) is 2. The fourth-order valence-corrected chi connectivity index (χ4v) is 2.18. The number of aliphatic hydroxyl groups excluding tert-OH is 1. The molecule has 1 aliphatic rings. The van der Waals surface area contributed by atoms with Crippen LogP contribution in [0.25, 0.3) is 0 Å². The van der Waals surface area contributed by atoms with Crippen molar-refractivity contribution in [2.45, 2.75) is 32.4 Å². The van der Waals surface area contributed by atoms with E-state index in [9.17, 15) is 9.90 Å². The summed E-state index contributed by atoms with van der Waals surface area (Å²) in [4.78, 5) is 13.3. The van der Waals surface area contributed by atoms with Gasteiger partial charge in [0.05, 0.1) is 0 Å². The Balaban J connectivity index is 2.37. The lowest BCUT2D eigenvalue weighted by Gasteiger charge is -2.23. The van der Waals surface area contributed by atoms with E-state index >= 15 is 0 Å². The summed E-state index contributed by atoms with van der Waals surface area (Å²) in [5.41, 5.74) is 2.89. The third-order valence-corrected chi connectivity index (χ3v) is 2.93. The quantitative estimate of drug-likeness (QED) is 0.810. The number of rotatable bonds is 3. The number of carbonyl (C=O) groups excluding carboxylic acids is 1. The molecule has 0 bridgehead atoms. The SMILES string of the molecule is C=C(C)Cc1ccccc1N1C(=O)CCC1O. The first-order chi connectivity index (χ1) is 8.09. The van der Waals surface area contributed by atoms with E-state index in [0.717, 1.165) is 23.2 Å². The maximum Gasteiger partial charge on any atom is 0.229 e. The molecule has 1 amide bonds. The van der Waals surface area contributed by atoms with E-state index in [2.05, 4.69) is 6.58 Å². The van der Waals surface area contributed by atoms with Crippen LogP contribution in [0.15, 0.2) is 36.4 Å². The van der Waals surface area contributed by atoms with Crippen LogP contribution in [0.4, 0.5) is 5.69 Å². The Kier molecular flexibility index (Phi) is 3.29. The molecule has 1 N–H and O–H groups in total. The van der Waals surface area contributed by atoms with Gasteiger partial charge in [-0.05, 0) is 25.0 Å². The monoisotopic (exact) mass is 231 g/mol. The highest BCUT2D eigenvalue weighted by Crippen LogP contribution is 2.29. The molecule has 2 rings (SSSR count). The van der Waals surface area contributed by atoms with Gasteiger partial charge in [0.15, 0.2) is 0 Å². The Hall–Kier alpha value is -1.61. The summed E-state index contributed by atoms with van der Waals surface area (Å²) >= 11 is 0. The zero-order chi connectivity index (χ0) is 12.4. The zero-order valence-corrected chi connectivity index (χ0v) is 10.0. The van der Waals surface area contributed by atoms with Crippen LogP contribution in [-0.4, -0.2) is 17.2 Å². The van der Waals surface area contributed by atoms with Crippen molar-refractivity contribution in [2.75, 3.05) is 4.90 Å². The van der Waals surface area contributed by atoms with Gasteiger partial charge in [-0.2, -0.15) is 0 Å². The number of amides is 1. The minimum Gasteiger partial charge on any atom is -0.373 e. The van der Waals surface area contributed by atoms with E-state index in [1.165, 1.54) is 4.90 Å². The second-order valence-corrected chi connectivity index (χ2v) is 4.55. The minimum atomic E-state index is -0.686. The van der Waals surface area contributed by atoms with E-state index in [4.69, 9.17) is 0 Å². The van der Waals surface area contributed by atoms with Gasteiger partial charge in [0, 0.05) is 18.5 Å². The average Bonchev–Trinajstić information content (AvgIpc) is 2.59. The summed E-state index contributed by atoms with van der Waals surface area (Å²) in [7, 11) is 0. The van der Waals surface area contributed by atoms with Gasteiger partial charge in [0.2, 0.25) is 5.91 Å². The van der Waals surface area contributed by atoms with Gasteiger partial charge in [-0.3, -0.25) is 9.69 Å². The highest BCUT2D eigenvalue weighted by molar-refractivity contribution is 5.96. The summed E-state index contributed by atoms with van der Waals surface area (Å²) in [6.45, 7) is 5.85. The van der Waals surface area contributed by atoms with Crippen LogP contribution in [0.2, 0.25) is 0 Å². The van der Waals surface area contributed by atoms with E-state index in [1.807, 2.05) is 31.2 Å². The van der Waals surface area contributed by atoms with Gasteiger partial charge < -0.3 is 5.11 Å². The Morgan fingerprint density at radius 1 is 1.53 bits per heavy atom. The number of benzene rings is 1. The zero-order valence-electron chi connectivity index (χ0n) is 10.0.